The Hall–Kier alpha value is -0.770. The number of benzene rings is 1. The highest BCUT2D eigenvalue weighted by atomic mass is 35.5. The van der Waals surface area contributed by atoms with Gasteiger partial charge >= 0.3 is 5.97 Å². The Morgan fingerprint density at radius 3 is 2.81 bits per heavy atom. The molecule has 1 heterocycles. The quantitative estimate of drug-likeness (QED) is 0.858. The number of rotatable bonds is 2. The molecular weight excluding hydrogens is 249 g/mol. The van der Waals surface area contributed by atoms with E-state index >= 15 is 0 Å². The second kappa shape index (κ2) is 5.53. The highest BCUT2D eigenvalue weighted by molar-refractivity contribution is 6.30. The Bertz CT molecular complexity index is 384. The summed E-state index contributed by atoms with van der Waals surface area (Å²) in [5, 5.41) is 12.8. The van der Waals surface area contributed by atoms with E-state index in [0.717, 1.165) is 5.56 Å². The molecule has 1 aliphatic heterocycles. The van der Waals surface area contributed by atoms with E-state index in [1.807, 2.05) is 18.2 Å². The third-order valence-corrected chi connectivity index (χ3v) is 3.04. The lowest BCUT2D eigenvalue weighted by Gasteiger charge is -2.14. The summed E-state index contributed by atoms with van der Waals surface area (Å²) in [6, 6.07) is 7.42. The van der Waals surface area contributed by atoms with Crippen LogP contribution in [0.25, 0.3) is 0 Å². The van der Waals surface area contributed by atoms with E-state index in [9.17, 15) is 4.79 Å². The average molecular weight is 262 g/mol. The van der Waals surface area contributed by atoms with Gasteiger partial charge in [-0.05, 0) is 17.7 Å². The van der Waals surface area contributed by atoms with Gasteiger partial charge in [-0.1, -0.05) is 23.7 Å². The molecule has 0 aromatic heterocycles. The van der Waals surface area contributed by atoms with Gasteiger partial charge in [-0.15, -0.1) is 12.4 Å². The maximum absolute atomic E-state index is 11.0. The molecule has 1 aromatic carbocycles. The molecule has 0 amide bonds. The molecule has 88 valence electrons. The minimum atomic E-state index is -0.745. The van der Waals surface area contributed by atoms with Gasteiger partial charge in [-0.3, -0.25) is 4.79 Å². The molecule has 0 spiro atoms. The van der Waals surface area contributed by atoms with Crippen LogP contribution in [0.3, 0.4) is 0 Å². The molecule has 0 bridgehead atoms. The van der Waals surface area contributed by atoms with E-state index in [1.54, 1.807) is 6.07 Å². The Kier molecular flexibility index (Phi) is 4.59. The van der Waals surface area contributed by atoms with Gasteiger partial charge in [0.2, 0.25) is 0 Å². The number of carboxylic acids is 1. The zero-order valence-corrected chi connectivity index (χ0v) is 10.1. The summed E-state index contributed by atoms with van der Waals surface area (Å²) in [6.45, 7) is 1.24. The van der Waals surface area contributed by atoms with Crippen molar-refractivity contribution in [1.29, 1.82) is 0 Å². The minimum Gasteiger partial charge on any atom is -0.481 e. The van der Waals surface area contributed by atoms with Gasteiger partial charge in [-0.25, -0.2) is 0 Å². The highest BCUT2D eigenvalue weighted by Gasteiger charge is 2.33. The molecule has 1 aliphatic rings. The standard InChI is InChI=1S/C11H12ClNO2.ClH/c12-8-3-1-2-7(4-8)9-5-13-6-10(9)11(14)15;/h1-4,9-10,13H,5-6H2,(H,14,15);1H/t9-,10+;/m0./s1. The van der Waals surface area contributed by atoms with E-state index < -0.39 is 5.97 Å². The van der Waals surface area contributed by atoms with Crippen molar-refractivity contribution in [3.8, 4) is 0 Å². The van der Waals surface area contributed by atoms with E-state index in [1.165, 1.54) is 0 Å². The molecule has 2 rings (SSSR count). The third-order valence-electron chi connectivity index (χ3n) is 2.81. The van der Waals surface area contributed by atoms with Gasteiger partial charge < -0.3 is 10.4 Å². The first-order chi connectivity index (χ1) is 7.18. The van der Waals surface area contributed by atoms with Crippen LogP contribution in [0, 0.1) is 5.92 Å². The maximum Gasteiger partial charge on any atom is 0.308 e. The number of hydrogen-bond acceptors (Lipinski definition) is 2. The van der Waals surface area contributed by atoms with E-state index in [4.69, 9.17) is 16.7 Å². The van der Waals surface area contributed by atoms with Crippen LogP contribution >= 0.6 is 24.0 Å². The third kappa shape index (κ3) is 2.67. The zero-order valence-electron chi connectivity index (χ0n) is 8.52. The number of carbonyl (C=O) groups is 1. The molecule has 3 nitrogen and oxygen atoms in total. The van der Waals surface area contributed by atoms with Gasteiger partial charge in [0, 0.05) is 24.0 Å². The first-order valence-corrected chi connectivity index (χ1v) is 5.25. The highest BCUT2D eigenvalue weighted by Crippen LogP contribution is 2.29. The summed E-state index contributed by atoms with van der Waals surface area (Å²) in [6.07, 6.45) is 0. The predicted octanol–water partition coefficient (Wildman–Crippen LogP) is 2.15. The monoisotopic (exact) mass is 261 g/mol. The molecule has 1 saturated heterocycles. The lowest BCUT2D eigenvalue weighted by atomic mass is 9.89. The number of nitrogens with one attached hydrogen (secondary N) is 1. The van der Waals surface area contributed by atoms with Crippen molar-refractivity contribution in [2.24, 2.45) is 5.92 Å². The average Bonchev–Trinajstić information content (AvgIpc) is 2.65. The van der Waals surface area contributed by atoms with E-state index in [0.29, 0.717) is 18.1 Å². The fraction of sp³-hybridized carbons (Fsp3) is 0.364. The number of aliphatic carboxylic acids is 1. The van der Waals surface area contributed by atoms with Crippen LogP contribution in [-0.4, -0.2) is 24.2 Å². The SMILES string of the molecule is Cl.O=C(O)[C@@H]1CNC[C@H]1c1cccc(Cl)c1. The van der Waals surface area contributed by atoms with Gasteiger partial charge in [0.25, 0.3) is 0 Å². The molecule has 1 fully saturated rings. The number of hydrogen-bond donors (Lipinski definition) is 2. The Morgan fingerprint density at radius 2 is 2.19 bits per heavy atom. The summed E-state index contributed by atoms with van der Waals surface area (Å²) >= 11 is 5.88. The second-order valence-electron chi connectivity index (χ2n) is 3.76. The van der Waals surface area contributed by atoms with Crippen molar-refractivity contribution < 1.29 is 9.90 Å². The first kappa shape index (κ1) is 13.3. The summed E-state index contributed by atoms with van der Waals surface area (Å²) in [5.74, 6) is -1.06. The fourth-order valence-corrected chi connectivity index (χ4v) is 2.22. The molecule has 0 saturated carbocycles. The first-order valence-electron chi connectivity index (χ1n) is 4.87. The number of carboxylic acid groups (broad SMARTS) is 1. The van der Waals surface area contributed by atoms with Crippen molar-refractivity contribution >= 4 is 30.0 Å². The lowest BCUT2D eigenvalue weighted by molar-refractivity contribution is -0.141. The van der Waals surface area contributed by atoms with Crippen LogP contribution in [0.15, 0.2) is 24.3 Å². The molecular formula is C11H13Cl2NO2. The van der Waals surface area contributed by atoms with Crippen LogP contribution in [-0.2, 0) is 4.79 Å². The molecule has 16 heavy (non-hydrogen) atoms. The molecule has 5 heteroatoms. The molecule has 2 N–H and O–H groups in total. The van der Waals surface area contributed by atoms with Crippen molar-refractivity contribution in [2.75, 3.05) is 13.1 Å². The van der Waals surface area contributed by atoms with Gasteiger partial charge in [0.15, 0.2) is 0 Å². The lowest BCUT2D eigenvalue weighted by Crippen LogP contribution is -2.20. The molecule has 2 atom stereocenters. The minimum absolute atomic E-state index is 0. The van der Waals surface area contributed by atoms with Crippen LogP contribution in [0.5, 0.6) is 0 Å². The Labute approximate surface area is 105 Å². The van der Waals surface area contributed by atoms with Crippen LogP contribution < -0.4 is 5.32 Å². The van der Waals surface area contributed by atoms with Gasteiger partial charge in [-0.2, -0.15) is 0 Å². The largest absolute Gasteiger partial charge is 0.481 e. The van der Waals surface area contributed by atoms with Crippen molar-refractivity contribution in [2.45, 2.75) is 5.92 Å². The van der Waals surface area contributed by atoms with Crippen LogP contribution in [0.2, 0.25) is 5.02 Å². The summed E-state index contributed by atoms with van der Waals surface area (Å²) in [7, 11) is 0. The summed E-state index contributed by atoms with van der Waals surface area (Å²) < 4.78 is 0. The second-order valence-corrected chi connectivity index (χ2v) is 4.20. The van der Waals surface area contributed by atoms with Crippen molar-refractivity contribution in [3.63, 3.8) is 0 Å². The summed E-state index contributed by atoms with van der Waals surface area (Å²) in [5.41, 5.74) is 1.000. The summed E-state index contributed by atoms with van der Waals surface area (Å²) in [4.78, 5) is 11.0. The normalized spacial score (nSPS) is 23.8. The molecule has 0 aliphatic carbocycles. The topological polar surface area (TPSA) is 49.3 Å². The Morgan fingerprint density at radius 1 is 1.44 bits per heavy atom. The van der Waals surface area contributed by atoms with Crippen molar-refractivity contribution in [1.82, 2.24) is 5.32 Å². The van der Waals surface area contributed by atoms with Gasteiger partial charge in [0.05, 0.1) is 5.92 Å². The molecule has 0 unspecified atom stereocenters. The van der Waals surface area contributed by atoms with Crippen molar-refractivity contribution in [3.05, 3.63) is 34.9 Å². The smallest absolute Gasteiger partial charge is 0.308 e. The molecule has 1 aromatic rings. The maximum atomic E-state index is 11.0. The van der Waals surface area contributed by atoms with E-state index in [-0.39, 0.29) is 24.2 Å². The van der Waals surface area contributed by atoms with E-state index in [2.05, 4.69) is 5.32 Å². The Balaban J connectivity index is 0.00000128. The van der Waals surface area contributed by atoms with Crippen LogP contribution in [0.1, 0.15) is 11.5 Å². The fourth-order valence-electron chi connectivity index (χ4n) is 2.03. The molecule has 0 radical (unpaired) electrons. The zero-order chi connectivity index (χ0) is 10.8. The predicted molar refractivity (Wildman–Crippen MR) is 65.4 cm³/mol. The number of halogens is 2. The van der Waals surface area contributed by atoms with Crippen LogP contribution in [0.4, 0.5) is 0 Å². The van der Waals surface area contributed by atoms with Gasteiger partial charge in [0.1, 0.15) is 0 Å².